The zero-order chi connectivity index (χ0) is 14.0. The van der Waals surface area contributed by atoms with Crippen molar-refractivity contribution in [3.63, 3.8) is 0 Å². The van der Waals surface area contributed by atoms with Crippen molar-refractivity contribution in [2.24, 2.45) is 0 Å². The van der Waals surface area contributed by atoms with Gasteiger partial charge in [0.1, 0.15) is 9.88 Å². The lowest BCUT2D eigenvalue weighted by Gasteiger charge is -1.98. The van der Waals surface area contributed by atoms with Gasteiger partial charge in [0.25, 0.3) is 5.91 Å². The summed E-state index contributed by atoms with van der Waals surface area (Å²) >= 11 is 1.25. The van der Waals surface area contributed by atoms with E-state index in [2.05, 4.69) is 10.3 Å². The lowest BCUT2D eigenvalue weighted by Crippen LogP contribution is -2.17. The van der Waals surface area contributed by atoms with Crippen molar-refractivity contribution in [2.75, 3.05) is 7.05 Å². The van der Waals surface area contributed by atoms with Crippen molar-refractivity contribution < 1.29 is 14.7 Å². The Morgan fingerprint density at radius 2 is 2.11 bits per heavy atom. The van der Waals surface area contributed by atoms with E-state index >= 15 is 0 Å². The molecule has 2 N–H and O–H groups in total. The monoisotopic (exact) mass is 276 g/mol. The molecule has 6 heteroatoms. The summed E-state index contributed by atoms with van der Waals surface area (Å²) in [6, 6.07) is 6.51. The van der Waals surface area contributed by atoms with Crippen LogP contribution in [0.4, 0.5) is 0 Å². The summed E-state index contributed by atoms with van der Waals surface area (Å²) in [6.45, 7) is 1.76. The van der Waals surface area contributed by atoms with Gasteiger partial charge in [-0.05, 0) is 19.1 Å². The first-order valence-corrected chi connectivity index (χ1v) is 6.38. The molecule has 0 saturated heterocycles. The first-order valence-electron chi connectivity index (χ1n) is 5.56. The maximum absolute atomic E-state index is 11.6. The van der Waals surface area contributed by atoms with Crippen LogP contribution < -0.4 is 5.32 Å². The Morgan fingerprint density at radius 3 is 2.74 bits per heavy atom. The number of carboxylic acids is 1. The number of hydrogen-bond acceptors (Lipinski definition) is 4. The number of carbonyl (C=O) groups is 2. The summed E-state index contributed by atoms with van der Waals surface area (Å²) in [6.07, 6.45) is 0. The normalized spacial score (nSPS) is 10.2. The number of thiazole rings is 1. The van der Waals surface area contributed by atoms with Crippen LogP contribution in [0.1, 0.15) is 25.7 Å². The SMILES string of the molecule is CNC(=O)c1sc(-c2cccc(C(=O)O)c2)nc1C. The fourth-order valence-corrected chi connectivity index (χ4v) is 2.64. The third-order valence-electron chi connectivity index (χ3n) is 2.59. The Balaban J connectivity index is 2.45. The van der Waals surface area contributed by atoms with Gasteiger partial charge in [-0.25, -0.2) is 9.78 Å². The highest BCUT2D eigenvalue weighted by Gasteiger charge is 2.15. The molecule has 0 bridgehead atoms. The van der Waals surface area contributed by atoms with E-state index in [1.54, 1.807) is 32.2 Å². The minimum Gasteiger partial charge on any atom is -0.478 e. The largest absolute Gasteiger partial charge is 0.478 e. The molecule has 0 aliphatic rings. The van der Waals surface area contributed by atoms with Crippen LogP contribution in [0.2, 0.25) is 0 Å². The van der Waals surface area contributed by atoms with Crippen LogP contribution in [-0.4, -0.2) is 29.0 Å². The highest BCUT2D eigenvalue weighted by atomic mass is 32.1. The van der Waals surface area contributed by atoms with E-state index < -0.39 is 5.97 Å². The number of aryl methyl sites for hydroxylation is 1. The highest BCUT2D eigenvalue weighted by Crippen LogP contribution is 2.28. The summed E-state index contributed by atoms with van der Waals surface area (Å²) in [4.78, 5) is 27.4. The summed E-state index contributed by atoms with van der Waals surface area (Å²) in [7, 11) is 1.56. The number of nitrogens with one attached hydrogen (secondary N) is 1. The molecule has 0 atom stereocenters. The molecule has 0 aliphatic carbocycles. The van der Waals surface area contributed by atoms with Crippen LogP contribution in [0.15, 0.2) is 24.3 Å². The Hall–Kier alpha value is -2.21. The number of amides is 1. The van der Waals surface area contributed by atoms with Gasteiger partial charge in [-0.15, -0.1) is 11.3 Å². The van der Waals surface area contributed by atoms with Crippen LogP contribution in [0.5, 0.6) is 0 Å². The number of rotatable bonds is 3. The van der Waals surface area contributed by atoms with Gasteiger partial charge in [0.2, 0.25) is 0 Å². The van der Waals surface area contributed by atoms with E-state index in [1.165, 1.54) is 17.4 Å². The number of hydrogen-bond donors (Lipinski definition) is 2. The lowest BCUT2D eigenvalue weighted by molar-refractivity contribution is 0.0696. The van der Waals surface area contributed by atoms with Gasteiger partial charge in [0.15, 0.2) is 0 Å². The third-order valence-corrected chi connectivity index (χ3v) is 3.79. The fraction of sp³-hybridized carbons (Fsp3) is 0.154. The first kappa shape index (κ1) is 13.2. The molecule has 0 fully saturated rings. The number of benzene rings is 1. The number of carbonyl (C=O) groups excluding carboxylic acids is 1. The van der Waals surface area contributed by atoms with Gasteiger partial charge in [-0.3, -0.25) is 4.79 Å². The van der Waals surface area contributed by atoms with Crippen molar-refractivity contribution in [2.45, 2.75) is 6.92 Å². The number of nitrogens with zero attached hydrogens (tertiary/aromatic N) is 1. The minimum atomic E-state index is -0.985. The quantitative estimate of drug-likeness (QED) is 0.900. The van der Waals surface area contributed by atoms with E-state index in [9.17, 15) is 9.59 Å². The van der Waals surface area contributed by atoms with Gasteiger partial charge in [-0.1, -0.05) is 12.1 Å². The zero-order valence-electron chi connectivity index (χ0n) is 10.4. The number of carboxylic acid groups (broad SMARTS) is 1. The Bertz CT molecular complexity index is 649. The van der Waals surface area contributed by atoms with Crippen LogP contribution in [-0.2, 0) is 0 Å². The standard InChI is InChI=1S/C13H12N2O3S/c1-7-10(11(16)14-2)19-12(15-7)8-4-3-5-9(6-8)13(17)18/h3-6H,1-2H3,(H,14,16)(H,17,18). The molecular weight excluding hydrogens is 264 g/mol. The van der Waals surface area contributed by atoms with E-state index in [1.807, 2.05) is 0 Å². The molecule has 1 aromatic carbocycles. The molecule has 0 spiro atoms. The minimum absolute atomic E-state index is 0.185. The van der Waals surface area contributed by atoms with Crippen LogP contribution in [0.25, 0.3) is 10.6 Å². The molecule has 0 unspecified atom stereocenters. The van der Waals surface area contributed by atoms with Gasteiger partial charge in [0, 0.05) is 12.6 Å². The Kier molecular flexibility index (Phi) is 3.62. The molecule has 19 heavy (non-hydrogen) atoms. The summed E-state index contributed by atoms with van der Waals surface area (Å²) in [5.74, 6) is -1.17. The van der Waals surface area contributed by atoms with Crippen molar-refractivity contribution in [1.29, 1.82) is 0 Å². The Morgan fingerprint density at radius 1 is 1.37 bits per heavy atom. The second-order valence-corrected chi connectivity index (χ2v) is 4.90. The first-order chi connectivity index (χ1) is 9.02. The van der Waals surface area contributed by atoms with E-state index in [0.717, 1.165) is 0 Å². The van der Waals surface area contributed by atoms with Crippen molar-refractivity contribution in [3.8, 4) is 10.6 Å². The van der Waals surface area contributed by atoms with Gasteiger partial charge >= 0.3 is 5.97 Å². The third kappa shape index (κ3) is 2.63. The van der Waals surface area contributed by atoms with Crippen molar-refractivity contribution >= 4 is 23.2 Å². The molecule has 98 valence electrons. The highest BCUT2D eigenvalue weighted by molar-refractivity contribution is 7.17. The molecule has 0 aliphatic heterocycles. The predicted octanol–water partition coefficient (Wildman–Crippen LogP) is 2.18. The molecule has 0 radical (unpaired) electrons. The van der Waals surface area contributed by atoms with Crippen LogP contribution in [0, 0.1) is 6.92 Å². The molecule has 2 rings (SSSR count). The number of aromatic nitrogens is 1. The van der Waals surface area contributed by atoms with Crippen molar-refractivity contribution in [3.05, 3.63) is 40.4 Å². The molecule has 1 aromatic heterocycles. The molecule has 1 heterocycles. The summed E-state index contributed by atoms with van der Waals surface area (Å²) < 4.78 is 0. The molecule has 0 saturated carbocycles. The lowest BCUT2D eigenvalue weighted by atomic mass is 10.1. The van der Waals surface area contributed by atoms with Gasteiger partial charge < -0.3 is 10.4 Å². The van der Waals surface area contributed by atoms with E-state index in [-0.39, 0.29) is 11.5 Å². The molecule has 5 nitrogen and oxygen atoms in total. The average molecular weight is 276 g/mol. The summed E-state index contributed by atoms with van der Waals surface area (Å²) in [5, 5.41) is 12.2. The second kappa shape index (κ2) is 5.19. The average Bonchev–Trinajstić information content (AvgIpc) is 2.80. The smallest absolute Gasteiger partial charge is 0.335 e. The van der Waals surface area contributed by atoms with Crippen LogP contribution >= 0.6 is 11.3 Å². The zero-order valence-corrected chi connectivity index (χ0v) is 11.2. The molecular formula is C13H12N2O3S. The topological polar surface area (TPSA) is 79.3 Å². The van der Waals surface area contributed by atoms with Crippen molar-refractivity contribution in [1.82, 2.24) is 10.3 Å². The van der Waals surface area contributed by atoms with Gasteiger partial charge in [-0.2, -0.15) is 0 Å². The Labute approximate surface area is 113 Å². The maximum atomic E-state index is 11.6. The maximum Gasteiger partial charge on any atom is 0.335 e. The predicted molar refractivity (Wildman–Crippen MR) is 72.6 cm³/mol. The second-order valence-electron chi connectivity index (χ2n) is 3.90. The van der Waals surface area contributed by atoms with E-state index in [0.29, 0.717) is 21.1 Å². The molecule has 1 amide bonds. The molecule has 2 aromatic rings. The van der Waals surface area contributed by atoms with E-state index in [4.69, 9.17) is 5.11 Å². The van der Waals surface area contributed by atoms with Gasteiger partial charge in [0.05, 0.1) is 11.3 Å². The number of aromatic carboxylic acids is 1. The fourth-order valence-electron chi connectivity index (χ4n) is 1.63. The summed E-state index contributed by atoms with van der Waals surface area (Å²) in [5.41, 5.74) is 1.54. The van der Waals surface area contributed by atoms with Crippen LogP contribution in [0.3, 0.4) is 0 Å².